The van der Waals surface area contributed by atoms with Crippen molar-refractivity contribution < 1.29 is 22.9 Å². The van der Waals surface area contributed by atoms with Crippen LogP contribution in [0.5, 0.6) is 5.75 Å². The van der Waals surface area contributed by atoms with Crippen molar-refractivity contribution in [3.05, 3.63) is 59.7 Å². The van der Waals surface area contributed by atoms with Crippen LogP contribution in [0, 0.1) is 0 Å². The highest BCUT2D eigenvalue weighted by Gasteiger charge is 2.14. The zero-order valence-electron chi connectivity index (χ0n) is 9.65. The fourth-order valence-corrected chi connectivity index (χ4v) is 2.10. The van der Waals surface area contributed by atoms with Gasteiger partial charge in [-0.1, -0.05) is 12.1 Å². The molecule has 0 spiro atoms. The van der Waals surface area contributed by atoms with Crippen LogP contribution in [0.4, 0.5) is 0 Å². The molecule has 0 heterocycles. The van der Waals surface area contributed by atoms with E-state index in [0.717, 1.165) is 6.07 Å². The Hall–Kier alpha value is -2.18. The zero-order chi connectivity index (χ0) is 14.0. The van der Waals surface area contributed by atoms with Gasteiger partial charge in [-0.3, -0.25) is 9.35 Å². The molecular formula is C13H10O5S. The van der Waals surface area contributed by atoms with Crippen molar-refractivity contribution in [3.8, 4) is 5.75 Å². The van der Waals surface area contributed by atoms with Crippen molar-refractivity contribution >= 4 is 15.9 Å². The Morgan fingerprint density at radius 2 is 1.58 bits per heavy atom. The molecule has 6 heteroatoms. The third kappa shape index (κ3) is 2.98. The van der Waals surface area contributed by atoms with Gasteiger partial charge in [-0.15, -0.1) is 0 Å². The van der Waals surface area contributed by atoms with Gasteiger partial charge >= 0.3 is 0 Å². The number of carbonyl (C=O) groups is 1. The molecule has 5 nitrogen and oxygen atoms in total. The molecule has 0 amide bonds. The summed E-state index contributed by atoms with van der Waals surface area (Å²) in [5.41, 5.74) is 0.450. The predicted octanol–water partition coefficient (Wildman–Crippen LogP) is 1.87. The molecule has 0 aliphatic heterocycles. The summed E-state index contributed by atoms with van der Waals surface area (Å²) in [4.78, 5) is 11.7. The maximum Gasteiger partial charge on any atom is 0.294 e. The van der Waals surface area contributed by atoms with E-state index in [-0.39, 0.29) is 16.2 Å². The number of carbonyl (C=O) groups excluding carboxylic acids is 1. The normalized spacial score (nSPS) is 11.2. The fraction of sp³-hybridized carbons (Fsp3) is 0. The molecule has 19 heavy (non-hydrogen) atoms. The Labute approximate surface area is 109 Å². The summed E-state index contributed by atoms with van der Waals surface area (Å²) in [5.74, 6) is -0.367. The second-order valence-corrected chi connectivity index (χ2v) is 5.30. The van der Waals surface area contributed by atoms with Crippen molar-refractivity contribution in [2.24, 2.45) is 0 Å². The van der Waals surface area contributed by atoms with Crippen molar-refractivity contribution in [2.75, 3.05) is 0 Å². The van der Waals surface area contributed by atoms with E-state index in [1.165, 1.54) is 42.5 Å². The summed E-state index contributed by atoms with van der Waals surface area (Å²) in [6.07, 6.45) is 0. The molecule has 0 fully saturated rings. The first-order valence-corrected chi connectivity index (χ1v) is 6.73. The largest absolute Gasteiger partial charge is 0.508 e. The highest BCUT2D eigenvalue weighted by molar-refractivity contribution is 7.85. The van der Waals surface area contributed by atoms with Gasteiger partial charge in [-0.05, 0) is 36.4 Å². The predicted molar refractivity (Wildman–Crippen MR) is 67.8 cm³/mol. The zero-order valence-corrected chi connectivity index (χ0v) is 10.5. The molecule has 0 unspecified atom stereocenters. The van der Waals surface area contributed by atoms with Crippen LogP contribution in [0.15, 0.2) is 53.4 Å². The molecular weight excluding hydrogens is 268 g/mol. The van der Waals surface area contributed by atoms with E-state index in [4.69, 9.17) is 9.66 Å². The van der Waals surface area contributed by atoms with E-state index >= 15 is 0 Å². The number of phenols is 1. The van der Waals surface area contributed by atoms with E-state index in [1.807, 2.05) is 0 Å². The number of rotatable bonds is 3. The van der Waals surface area contributed by atoms with Crippen LogP contribution >= 0.6 is 0 Å². The summed E-state index contributed by atoms with van der Waals surface area (Å²) in [5, 5.41) is 9.14. The highest BCUT2D eigenvalue weighted by atomic mass is 32.2. The van der Waals surface area contributed by atoms with E-state index in [2.05, 4.69) is 0 Å². The quantitative estimate of drug-likeness (QED) is 0.660. The van der Waals surface area contributed by atoms with E-state index in [0.29, 0.717) is 5.56 Å². The molecule has 2 aromatic carbocycles. The lowest BCUT2D eigenvalue weighted by atomic mass is 10.0. The first-order chi connectivity index (χ1) is 8.88. The Balaban J connectivity index is 2.42. The van der Waals surface area contributed by atoms with E-state index in [1.54, 1.807) is 0 Å². The van der Waals surface area contributed by atoms with Gasteiger partial charge in [0.15, 0.2) is 5.78 Å². The van der Waals surface area contributed by atoms with Gasteiger partial charge in [0.2, 0.25) is 0 Å². The lowest BCUT2D eigenvalue weighted by Gasteiger charge is -2.03. The molecule has 0 aromatic heterocycles. The topological polar surface area (TPSA) is 91.7 Å². The summed E-state index contributed by atoms with van der Waals surface area (Å²) < 4.78 is 30.9. The van der Waals surface area contributed by atoms with Gasteiger partial charge in [0.05, 0.1) is 4.90 Å². The molecule has 0 atom stereocenters. The SMILES string of the molecule is O=C(c1ccc(O)cc1)c1cccc(S(=O)(=O)O)c1. The molecule has 2 N–H and O–H groups in total. The van der Waals surface area contributed by atoms with Gasteiger partial charge in [-0.25, -0.2) is 0 Å². The smallest absolute Gasteiger partial charge is 0.294 e. The van der Waals surface area contributed by atoms with Crippen LogP contribution < -0.4 is 0 Å². The number of benzene rings is 2. The summed E-state index contributed by atoms with van der Waals surface area (Å²) in [6.45, 7) is 0. The third-order valence-electron chi connectivity index (χ3n) is 2.52. The minimum Gasteiger partial charge on any atom is -0.508 e. The van der Waals surface area contributed by atoms with Gasteiger partial charge in [-0.2, -0.15) is 8.42 Å². The highest BCUT2D eigenvalue weighted by Crippen LogP contribution is 2.17. The summed E-state index contributed by atoms with van der Waals surface area (Å²) in [6, 6.07) is 10.7. The Morgan fingerprint density at radius 3 is 2.16 bits per heavy atom. The minimum atomic E-state index is -4.34. The lowest BCUT2D eigenvalue weighted by molar-refractivity contribution is 0.103. The second kappa shape index (κ2) is 4.83. The van der Waals surface area contributed by atoms with Gasteiger partial charge in [0.25, 0.3) is 10.1 Å². The van der Waals surface area contributed by atoms with Crippen LogP contribution in [0.2, 0.25) is 0 Å². The number of aromatic hydroxyl groups is 1. The maximum absolute atomic E-state index is 12.1. The summed E-state index contributed by atoms with van der Waals surface area (Å²) >= 11 is 0. The average molecular weight is 278 g/mol. The Kier molecular flexibility index (Phi) is 3.37. The third-order valence-corrected chi connectivity index (χ3v) is 3.37. The van der Waals surface area contributed by atoms with Crippen molar-refractivity contribution in [3.63, 3.8) is 0 Å². The molecule has 2 rings (SSSR count). The van der Waals surface area contributed by atoms with Crippen molar-refractivity contribution in [2.45, 2.75) is 4.90 Å². The van der Waals surface area contributed by atoms with Crippen molar-refractivity contribution in [1.82, 2.24) is 0 Å². The standard InChI is InChI=1S/C13H10O5S/c14-11-6-4-9(5-7-11)13(15)10-2-1-3-12(8-10)19(16,17)18/h1-8,14H,(H,16,17,18). The van der Waals surface area contributed by atoms with Crippen LogP contribution in [-0.2, 0) is 10.1 Å². The maximum atomic E-state index is 12.1. The monoisotopic (exact) mass is 278 g/mol. The molecule has 0 aliphatic rings. The van der Waals surface area contributed by atoms with Gasteiger partial charge < -0.3 is 5.11 Å². The van der Waals surface area contributed by atoms with Gasteiger partial charge in [0.1, 0.15) is 5.75 Å². The lowest BCUT2D eigenvalue weighted by Crippen LogP contribution is -2.04. The Bertz CT molecular complexity index is 717. The van der Waals surface area contributed by atoms with Crippen LogP contribution in [0.3, 0.4) is 0 Å². The van der Waals surface area contributed by atoms with Gasteiger partial charge in [0, 0.05) is 11.1 Å². The molecule has 0 saturated carbocycles. The number of ketones is 1. The van der Waals surface area contributed by atoms with E-state index < -0.39 is 15.9 Å². The van der Waals surface area contributed by atoms with Crippen LogP contribution in [-0.4, -0.2) is 23.9 Å². The van der Waals surface area contributed by atoms with Crippen LogP contribution in [0.1, 0.15) is 15.9 Å². The molecule has 0 saturated heterocycles. The average Bonchev–Trinajstić information content (AvgIpc) is 2.38. The molecule has 0 bridgehead atoms. The van der Waals surface area contributed by atoms with Crippen molar-refractivity contribution in [1.29, 1.82) is 0 Å². The van der Waals surface area contributed by atoms with E-state index in [9.17, 15) is 13.2 Å². The molecule has 0 aliphatic carbocycles. The molecule has 2 aromatic rings. The number of hydrogen-bond donors (Lipinski definition) is 2. The Morgan fingerprint density at radius 1 is 0.947 bits per heavy atom. The first-order valence-electron chi connectivity index (χ1n) is 5.29. The fourth-order valence-electron chi connectivity index (χ4n) is 1.58. The number of hydrogen-bond acceptors (Lipinski definition) is 4. The van der Waals surface area contributed by atoms with Crippen LogP contribution in [0.25, 0.3) is 0 Å². The second-order valence-electron chi connectivity index (χ2n) is 3.88. The minimum absolute atomic E-state index is 0.0308. The molecule has 98 valence electrons. The first kappa shape index (κ1) is 13.3. The summed E-state index contributed by atoms with van der Waals surface area (Å²) in [7, 11) is -4.34. The number of phenolic OH excluding ortho intramolecular Hbond substituents is 1. The molecule has 0 radical (unpaired) electrons.